The average molecular weight is 342 g/mol. The first-order valence-corrected chi connectivity index (χ1v) is 7.80. The summed E-state index contributed by atoms with van der Waals surface area (Å²) < 4.78 is 11.0. The number of hydrogen-bond acceptors (Lipinski definition) is 5. The molecule has 2 heterocycles. The zero-order valence-corrected chi connectivity index (χ0v) is 13.9. The van der Waals surface area contributed by atoms with Crippen LogP contribution in [0.3, 0.4) is 0 Å². The molecule has 2 aromatic rings. The van der Waals surface area contributed by atoms with Crippen LogP contribution < -0.4 is 14.8 Å². The largest absolute Gasteiger partial charge is 0.493 e. The predicted octanol–water partition coefficient (Wildman–Crippen LogP) is 1.83. The lowest BCUT2D eigenvalue weighted by Gasteiger charge is -2.27. The van der Waals surface area contributed by atoms with Crippen LogP contribution in [0, 0.1) is 6.92 Å². The number of nitrogens with zero attached hydrogens (tertiary/aromatic N) is 1. The number of carbonyl (C=O) groups excluding carboxylic acids is 1. The molecule has 0 saturated heterocycles. The number of methoxy groups -OCH3 is 1. The molecular weight excluding hydrogens is 324 g/mol. The second-order valence-corrected chi connectivity index (χ2v) is 5.77. The van der Waals surface area contributed by atoms with Crippen LogP contribution in [0.2, 0.25) is 0 Å². The molecule has 1 aromatic heterocycles. The van der Waals surface area contributed by atoms with Gasteiger partial charge in [-0.2, -0.15) is 0 Å². The fourth-order valence-corrected chi connectivity index (χ4v) is 2.82. The van der Waals surface area contributed by atoms with E-state index in [1.54, 1.807) is 14.0 Å². The number of ether oxygens (including phenoxy) is 2. The second-order valence-electron chi connectivity index (χ2n) is 5.77. The highest BCUT2D eigenvalue weighted by molar-refractivity contribution is 5.94. The second kappa shape index (κ2) is 6.80. The summed E-state index contributed by atoms with van der Waals surface area (Å²) in [4.78, 5) is 27.5. The summed E-state index contributed by atoms with van der Waals surface area (Å²) in [5.74, 6) is -0.0534. The van der Waals surface area contributed by atoms with Gasteiger partial charge in [-0.25, -0.2) is 9.78 Å². The standard InChI is InChI=1S/C18H18N2O5/c1-10-13(18(22)23)6-7-14(19-10)17(21)20-12-8-11-4-3-5-15(24-2)16(11)25-9-12/h3-7,12H,8-9H2,1-2H3,(H,20,21)(H,22,23). The van der Waals surface area contributed by atoms with E-state index in [0.29, 0.717) is 30.2 Å². The van der Waals surface area contributed by atoms with Gasteiger partial charge in [-0.1, -0.05) is 12.1 Å². The first-order chi connectivity index (χ1) is 12.0. The van der Waals surface area contributed by atoms with E-state index in [0.717, 1.165) is 5.56 Å². The van der Waals surface area contributed by atoms with Crippen molar-refractivity contribution in [2.45, 2.75) is 19.4 Å². The molecule has 130 valence electrons. The predicted molar refractivity (Wildman–Crippen MR) is 89.4 cm³/mol. The lowest BCUT2D eigenvalue weighted by Crippen LogP contribution is -2.43. The SMILES string of the molecule is COc1cccc2c1OCC(NC(=O)c1ccc(C(=O)O)c(C)n1)C2. The number of benzene rings is 1. The van der Waals surface area contributed by atoms with Crippen molar-refractivity contribution < 1.29 is 24.2 Å². The van der Waals surface area contributed by atoms with E-state index < -0.39 is 5.97 Å². The molecule has 0 bridgehead atoms. The van der Waals surface area contributed by atoms with Crippen LogP contribution in [0.4, 0.5) is 0 Å². The molecule has 0 aliphatic carbocycles. The molecule has 3 rings (SSSR count). The number of nitrogens with one attached hydrogen (secondary N) is 1. The first kappa shape index (κ1) is 16.8. The van der Waals surface area contributed by atoms with Crippen molar-refractivity contribution in [1.82, 2.24) is 10.3 Å². The first-order valence-electron chi connectivity index (χ1n) is 7.80. The normalized spacial score (nSPS) is 15.7. The third-order valence-corrected chi connectivity index (χ3v) is 4.06. The van der Waals surface area contributed by atoms with Crippen molar-refractivity contribution >= 4 is 11.9 Å². The molecule has 0 saturated carbocycles. The number of rotatable bonds is 4. The molecule has 1 aromatic carbocycles. The fourth-order valence-electron chi connectivity index (χ4n) is 2.82. The van der Waals surface area contributed by atoms with Gasteiger partial charge in [0.2, 0.25) is 0 Å². The molecular formula is C18H18N2O5. The maximum absolute atomic E-state index is 12.4. The number of pyridine rings is 1. The number of aromatic nitrogens is 1. The minimum atomic E-state index is -1.07. The van der Waals surface area contributed by atoms with Gasteiger partial charge in [-0.3, -0.25) is 4.79 Å². The Labute approximate surface area is 144 Å². The van der Waals surface area contributed by atoms with Gasteiger partial charge in [0, 0.05) is 5.56 Å². The number of carbonyl (C=O) groups is 2. The Morgan fingerprint density at radius 3 is 2.80 bits per heavy atom. The monoisotopic (exact) mass is 342 g/mol. The molecule has 1 atom stereocenters. The quantitative estimate of drug-likeness (QED) is 0.880. The van der Waals surface area contributed by atoms with E-state index in [4.69, 9.17) is 14.6 Å². The number of aryl methyl sites for hydroxylation is 1. The molecule has 2 N–H and O–H groups in total. The van der Waals surface area contributed by atoms with Crippen LogP contribution >= 0.6 is 0 Å². The van der Waals surface area contributed by atoms with Crippen molar-refractivity contribution in [3.8, 4) is 11.5 Å². The van der Waals surface area contributed by atoms with Crippen molar-refractivity contribution in [3.63, 3.8) is 0 Å². The third kappa shape index (κ3) is 3.40. The van der Waals surface area contributed by atoms with Gasteiger partial charge in [-0.05, 0) is 31.5 Å². The van der Waals surface area contributed by atoms with Crippen LogP contribution in [-0.2, 0) is 6.42 Å². The van der Waals surface area contributed by atoms with Crippen LogP contribution in [-0.4, -0.2) is 41.7 Å². The van der Waals surface area contributed by atoms with Gasteiger partial charge in [0.05, 0.1) is 24.4 Å². The lowest BCUT2D eigenvalue weighted by atomic mass is 10.0. The number of amides is 1. The van der Waals surface area contributed by atoms with E-state index in [9.17, 15) is 9.59 Å². The number of para-hydroxylation sites is 1. The molecule has 0 radical (unpaired) electrons. The van der Waals surface area contributed by atoms with Crippen molar-refractivity contribution in [2.75, 3.05) is 13.7 Å². The van der Waals surface area contributed by atoms with Gasteiger partial charge >= 0.3 is 5.97 Å². The summed E-state index contributed by atoms with van der Waals surface area (Å²) in [6.07, 6.45) is 0.616. The Balaban J connectivity index is 1.72. The number of carboxylic acid groups (broad SMARTS) is 1. The highest BCUT2D eigenvalue weighted by Crippen LogP contribution is 2.34. The van der Waals surface area contributed by atoms with E-state index in [1.165, 1.54) is 12.1 Å². The third-order valence-electron chi connectivity index (χ3n) is 4.06. The van der Waals surface area contributed by atoms with Gasteiger partial charge in [-0.15, -0.1) is 0 Å². The minimum absolute atomic E-state index is 0.0820. The van der Waals surface area contributed by atoms with Crippen LogP contribution in [0.1, 0.15) is 32.1 Å². The van der Waals surface area contributed by atoms with Crippen LogP contribution in [0.5, 0.6) is 11.5 Å². The highest BCUT2D eigenvalue weighted by atomic mass is 16.5. The van der Waals surface area contributed by atoms with E-state index in [2.05, 4.69) is 10.3 Å². The summed E-state index contributed by atoms with van der Waals surface area (Å²) in [7, 11) is 1.58. The number of carboxylic acids is 1. The summed E-state index contributed by atoms with van der Waals surface area (Å²) in [6, 6.07) is 8.23. The maximum atomic E-state index is 12.4. The summed E-state index contributed by atoms with van der Waals surface area (Å²) in [5.41, 5.74) is 1.52. The van der Waals surface area contributed by atoms with Crippen molar-refractivity contribution in [1.29, 1.82) is 0 Å². The van der Waals surface area contributed by atoms with Gasteiger partial charge in [0.15, 0.2) is 11.5 Å². The van der Waals surface area contributed by atoms with Crippen LogP contribution in [0.15, 0.2) is 30.3 Å². The number of fused-ring (bicyclic) bond motifs is 1. The summed E-state index contributed by atoms with van der Waals surface area (Å²) in [5, 5.41) is 11.9. The molecule has 1 amide bonds. The Morgan fingerprint density at radius 2 is 2.12 bits per heavy atom. The zero-order valence-electron chi connectivity index (χ0n) is 13.9. The van der Waals surface area contributed by atoms with Gasteiger partial charge < -0.3 is 19.9 Å². The molecule has 1 aliphatic rings. The molecule has 7 nitrogen and oxygen atoms in total. The minimum Gasteiger partial charge on any atom is -0.493 e. The molecule has 0 spiro atoms. The fraction of sp³-hybridized carbons (Fsp3) is 0.278. The Hall–Kier alpha value is -3.09. The smallest absolute Gasteiger partial charge is 0.337 e. The average Bonchev–Trinajstić information content (AvgIpc) is 2.60. The molecule has 1 unspecified atom stereocenters. The Kier molecular flexibility index (Phi) is 4.56. The van der Waals surface area contributed by atoms with E-state index in [-0.39, 0.29) is 23.2 Å². The van der Waals surface area contributed by atoms with Gasteiger partial charge in [0.1, 0.15) is 12.3 Å². The molecule has 0 fully saturated rings. The van der Waals surface area contributed by atoms with E-state index >= 15 is 0 Å². The van der Waals surface area contributed by atoms with Gasteiger partial charge in [0.25, 0.3) is 5.91 Å². The molecule has 25 heavy (non-hydrogen) atoms. The summed E-state index contributed by atoms with van der Waals surface area (Å²) >= 11 is 0. The molecule has 1 aliphatic heterocycles. The zero-order chi connectivity index (χ0) is 18.0. The summed E-state index contributed by atoms with van der Waals surface area (Å²) in [6.45, 7) is 1.89. The van der Waals surface area contributed by atoms with E-state index in [1.807, 2.05) is 18.2 Å². The molecule has 7 heteroatoms. The number of aromatic carboxylic acids is 1. The topological polar surface area (TPSA) is 97.8 Å². The lowest BCUT2D eigenvalue weighted by molar-refractivity contribution is 0.0694. The Morgan fingerprint density at radius 1 is 1.32 bits per heavy atom. The number of hydrogen-bond donors (Lipinski definition) is 2. The van der Waals surface area contributed by atoms with Crippen LogP contribution in [0.25, 0.3) is 0 Å². The maximum Gasteiger partial charge on any atom is 0.337 e. The van der Waals surface area contributed by atoms with Crippen molar-refractivity contribution in [3.05, 3.63) is 52.8 Å². The Bertz CT molecular complexity index is 834. The van der Waals surface area contributed by atoms with Crippen molar-refractivity contribution in [2.24, 2.45) is 0 Å². The highest BCUT2D eigenvalue weighted by Gasteiger charge is 2.25.